The minimum atomic E-state index is 0. The highest BCUT2D eigenvalue weighted by molar-refractivity contribution is 5.85. The average Bonchev–Trinajstić information content (AvgIpc) is 2.57. The van der Waals surface area contributed by atoms with E-state index < -0.39 is 0 Å². The van der Waals surface area contributed by atoms with E-state index in [1.54, 1.807) is 0 Å². The molecule has 0 saturated carbocycles. The summed E-state index contributed by atoms with van der Waals surface area (Å²) in [6.45, 7) is 4.93. The Hall–Kier alpha value is -2.00. The lowest BCUT2D eigenvalue weighted by Crippen LogP contribution is -2.42. The van der Waals surface area contributed by atoms with Crippen LogP contribution in [0.3, 0.4) is 0 Å². The fourth-order valence-electron chi connectivity index (χ4n) is 2.91. The highest BCUT2D eigenvalue weighted by Gasteiger charge is 2.21. The summed E-state index contributed by atoms with van der Waals surface area (Å²) in [6.07, 6.45) is 2.29. The van der Waals surface area contributed by atoms with E-state index in [0.29, 0.717) is 6.42 Å². The van der Waals surface area contributed by atoms with Crippen LogP contribution in [0.15, 0.2) is 54.6 Å². The number of rotatable bonds is 7. The zero-order chi connectivity index (χ0) is 16.7. The number of nitrogens with zero attached hydrogens (tertiary/aromatic N) is 1. The second-order valence-electron chi connectivity index (χ2n) is 5.85. The number of nitrogen functional groups attached to an aromatic ring is 1. The zero-order valence-corrected chi connectivity index (χ0v) is 15.3. The van der Waals surface area contributed by atoms with Gasteiger partial charge in [0.25, 0.3) is 0 Å². The number of hydrogen-bond acceptors (Lipinski definition) is 2. The smallest absolute Gasteiger partial charge is 0.227 e. The van der Waals surface area contributed by atoms with Crippen LogP contribution in [0.25, 0.3) is 0 Å². The molecule has 0 fully saturated rings. The first-order valence-electron chi connectivity index (χ1n) is 8.31. The topological polar surface area (TPSA) is 46.3 Å². The van der Waals surface area contributed by atoms with Crippen LogP contribution < -0.4 is 5.73 Å². The number of carbonyl (C=O) groups excluding carboxylic acids is 1. The molecule has 3 nitrogen and oxygen atoms in total. The molecule has 0 aliphatic rings. The van der Waals surface area contributed by atoms with Crippen molar-refractivity contribution in [3.63, 3.8) is 0 Å². The van der Waals surface area contributed by atoms with Crippen LogP contribution in [-0.2, 0) is 17.6 Å². The molecule has 0 saturated heterocycles. The minimum absolute atomic E-state index is 0. The molecule has 0 aliphatic heterocycles. The average molecular weight is 347 g/mol. The fraction of sp³-hybridized carbons (Fsp3) is 0.350. The van der Waals surface area contributed by atoms with Gasteiger partial charge in [0, 0.05) is 18.3 Å². The lowest BCUT2D eigenvalue weighted by molar-refractivity contribution is -0.132. The molecule has 2 N–H and O–H groups in total. The number of anilines is 1. The van der Waals surface area contributed by atoms with Crippen molar-refractivity contribution >= 4 is 24.0 Å². The maximum absolute atomic E-state index is 12.7. The summed E-state index contributed by atoms with van der Waals surface area (Å²) < 4.78 is 0. The van der Waals surface area contributed by atoms with E-state index in [4.69, 9.17) is 5.73 Å². The maximum Gasteiger partial charge on any atom is 0.227 e. The normalized spacial score (nSPS) is 11.4. The number of nitrogens with two attached hydrogens (primary N) is 1. The molecule has 1 amide bonds. The first-order valence-corrected chi connectivity index (χ1v) is 8.31. The van der Waals surface area contributed by atoms with Crippen molar-refractivity contribution in [1.29, 1.82) is 0 Å². The largest absolute Gasteiger partial charge is 0.399 e. The van der Waals surface area contributed by atoms with Gasteiger partial charge in [0.2, 0.25) is 5.91 Å². The molecule has 2 aromatic rings. The van der Waals surface area contributed by atoms with Crippen molar-refractivity contribution in [2.24, 2.45) is 0 Å². The minimum Gasteiger partial charge on any atom is -0.399 e. The third kappa shape index (κ3) is 5.57. The van der Waals surface area contributed by atoms with Gasteiger partial charge in [-0.1, -0.05) is 49.4 Å². The van der Waals surface area contributed by atoms with Crippen molar-refractivity contribution in [2.75, 3.05) is 12.3 Å². The summed E-state index contributed by atoms with van der Waals surface area (Å²) in [5, 5.41) is 0. The summed E-state index contributed by atoms with van der Waals surface area (Å²) in [6, 6.07) is 18.2. The van der Waals surface area contributed by atoms with Crippen LogP contribution in [0.5, 0.6) is 0 Å². The number of carbonyl (C=O) groups is 1. The molecular weight excluding hydrogens is 320 g/mol. The lowest BCUT2D eigenvalue weighted by Gasteiger charge is -2.30. The van der Waals surface area contributed by atoms with E-state index in [2.05, 4.69) is 38.1 Å². The summed E-state index contributed by atoms with van der Waals surface area (Å²) >= 11 is 0. The Kier molecular flexibility index (Phi) is 8.34. The molecule has 1 unspecified atom stereocenters. The van der Waals surface area contributed by atoms with Crippen molar-refractivity contribution in [2.45, 2.75) is 39.2 Å². The van der Waals surface area contributed by atoms with Crippen LogP contribution in [0.2, 0.25) is 0 Å². The van der Waals surface area contributed by atoms with Crippen molar-refractivity contribution in [1.82, 2.24) is 4.90 Å². The van der Waals surface area contributed by atoms with Crippen molar-refractivity contribution in [3.8, 4) is 0 Å². The summed E-state index contributed by atoms with van der Waals surface area (Å²) in [5.41, 5.74) is 8.72. The molecule has 0 aliphatic carbocycles. The SMILES string of the molecule is CCC(Cc1ccccc1)N(CC)C(=O)Cc1ccc(N)cc1.Cl. The van der Waals surface area contributed by atoms with Crippen LogP contribution in [0.1, 0.15) is 31.4 Å². The van der Waals surface area contributed by atoms with Crippen molar-refractivity contribution in [3.05, 3.63) is 65.7 Å². The molecule has 0 aromatic heterocycles. The molecular formula is C20H27ClN2O. The Balaban J connectivity index is 0.00000288. The molecule has 0 spiro atoms. The highest BCUT2D eigenvalue weighted by Crippen LogP contribution is 2.15. The third-order valence-corrected chi connectivity index (χ3v) is 4.22. The summed E-state index contributed by atoms with van der Waals surface area (Å²) in [5.74, 6) is 0.181. The highest BCUT2D eigenvalue weighted by atomic mass is 35.5. The van der Waals surface area contributed by atoms with Gasteiger partial charge in [-0.05, 0) is 43.0 Å². The molecule has 4 heteroatoms. The van der Waals surface area contributed by atoms with Gasteiger partial charge in [-0.15, -0.1) is 12.4 Å². The predicted octanol–water partition coefficient (Wildman–Crippen LogP) is 4.10. The van der Waals surface area contributed by atoms with Crippen LogP contribution in [-0.4, -0.2) is 23.4 Å². The number of hydrogen-bond donors (Lipinski definition) is 1. The third-order valence-electron chi connectivity index (χ3n) is 4.22. The van der Waals surface area contributed by atoms with E-state index in [-0.39, 0.29) is 24.4 Å². The number of likely N-dealkylation sites (N-methyl/N-ethyl adjacent to an activating group) is 1. The Morgan fingerprint density at radius 3 is 2.17 bits per heavy atom. The van der Waals surface area contributed by atoms with Crippen LogP contribution in [0.4, 0.5) is 5.69 Å². The molecule has 24 heavy (non-hydrogen) atoms. The maximum atomic E-state index is 12.7. The molecule has 2 aromatic carbocycles. The Morgan fingerprint density at radius 2 is 1.62 bits per heavy atom. The standard InChI is InChI=1S/C20H26N2O.ClH/c1-3-19(14-16-8-6-5-7-9-16)22(4-2)20(23)15-17-10-12-18(21)13-11-17;/h5-13,19H,3-4,14-15,21H2,1-2H3;1H. The predicted molar refractivity (Wildman–Crippen MR) is 103 cm³/mol. The number of benzene rings is 2. The quantitative estimate of drug-likeness (QED) is 0.767. The second-order valence-corrected chi connectivity index (χ2v) is 5.85. The molecule has 0 bridgehead atoms. The van der Waals surface area contributed by atoms with E-state index in [1.807, 2.05) is 35.2 Å². The van der Waals surface area contributed by atoms with Gasteiger partial charge in [0.15, 0.2) is 0 Å². The van der Waals surface area contributed by atoms with Gasteiger partial charge in [0.05, 0.1) is 6.42 Å². The van der Waals surface area contributed by atoms with Gasteiger partial charge in [-0.2, -0.15) is 0 Å². The van der Waals surface area contributed by atoms with Gasteiger partial charge in [-0.3, -0.25) is 4.79 Å². The van der Waals surface area contributed by atoms with E-state index in [9.17, 15) is 4.79 Å². The summed E-state index contributed by atoms with van der Waals surface area (Å²) in [7, 11) is 0. The Labute approximate surface area is 151 Å². The van der Waals surface area contributed by atoms with Crippen molar-refractivity contribution < 1.29 is 4.79 Å². The molecule has 1 atom stereocenters. The monoisotopic (exact) mass is 346 g/mol. The van der Waals surface area contributed by atoms with Gasteiger partial charge in [0.1, 0.15) is 0 Å². The van der Waals surface area contributed by atoms with E-state index >= 15 is 0 Å². The fourth-order valence-corrected chi connectivity index (χ4v) is 2.91. The van der Waals surface area contributed by atoms with Crippen LogP contribution >= 0.6 is 12.4 Å². The zero-order valence-electron chi connectivity index (χ0n) is 14.4. The number of halogens is 1. The number of amides is 1. The summed E-state index contributed by atoms with van der Waals surface area (Å²) in [4.78, 5) is 14.7. The molecule has 0 radical (unpaired) electrons. The Bertz CT molecular complexity index is 613. The lowest BCUT2D eigenvalue weighted by atomic mass is 10.0. The van der Waals surface area contributed by atoms with Crippen LogP contribution in [0, 0.1) is 0 Å². The second kappa shape index (κ2) is 9.99. The Morgan fingerprint density at radius 1 is 1.00 bits per heavy atom. The van der Waals surface area contributed by atoms with E-state index in [0.717, 1.165) is 30.6 Å². The van der Waals surface area contributed by atoms with E-state index in [1.165, 1.54) is 5.56 Å². The molecule has 0 heterocycles. The van der Waals surface area contributed by atoms with Gasteiger partial charge >= 0.3 is 0 Å². The van der Waals surface area contributed by atoms with Gasteiger partial charge in [-0.25, -0.2) is 0 Å². The molecule has 2 rings (SSSR count). The first-order chi connectivity index (χ1) is 11.1. The molecule has 130 valence electrons. The first kappa shape index (κ1) is 20.0. The van der Waals surface area contributed by atoms with Gasteiger partial charge < -0.3 is 10.6 Å².